The van der Waals surface area contributed by atoms with Crippen LogP contribution in [0.15, 0.2) is 41.6 Å². The van der Waals surface area contributed by atoms with E-state index >= 15 is 0 Å². The minimum Gasteiger partial charge on any atom is -0.390 e. The molecule has 35 heavy (non-hydrogen) atoms. The van der Waals surface area contributed by atoms with Crippen LogP contribution in [0.4, 0.5) is 5.82 Å². The van der Waals surface area contributed by atoms with E-state index in [0.29, 0.717) is 35.2 Å². The monoisotopic (exact) mass is 497 g/mol. The van der Waals surface area contributed by atoms with Crippen molar-refractivity contribution in [2.45, 2.75) is 50.1 Å². The highest BCUT2D eigenvalue weighted by Crippen LogP contribution is 2.37. The van der Waals surface area contributed by atoms with Crippen LogP contribution in [0.3, 0.4) is 0 Å². The number of hydrogen-bond acceptors (Lipinski definition) is 9. The van der Waals surface area contributed by atoms with Crippen molar-refractivity contribution in [1.29, 1.82) is 0 Å². The first kappa shape index (κ1) is 25.1. The van der Waals surface area contributed by atoms with E-state index in [9.17, 15) is 15.0 Å². The van der Waals surface area contributed by atoms with Gasteiger partial charge in [-0.2, -0.15) is 0 Å². The van der Waals surface area contributed by atoms with Crippen LogP contribution in [0.5, 0.6) is 0 Å². The predicted octanol–water partition coefficient (Wildman–Crippen LogP) is 2.27. The Morgan fingerprint density at radius 2 is 2.00 bits per heavy atom. The summed E-state index contributed by atoms with van der Waals surface area (Å²) in [6, 6.07) is 9.38. The summed E-state index contributed by atoms with van der Waals surface area (Å²) in [6.07, 6.45) is 2.86. The number of hydrogen-bond donors (Lipinski definition) is 4. The Morgan fingerprint density at radius 1 is 1.20 bits per heavy atom. The van der Waals surface area contributed by atoms with Crippen molar-refractivity contribution in [2.75, 3.05) is 24.2 Å². The van der Waals surface area contributed by atoms with E-state index in [1.807, 2.05) is 49.4 Å². The van der Waals surface area contributed by atoms with Gasteiger partial charge < -0.3 is 20.8 Å². The highest BCUT2D eigenvalue weighted by molar-refractivity contribution is 7.99. The van der Waals surface area contributed by atoms with Crippen molar-refractivity contribution >= 4 is 40.7 Å². The molecule has 2 aromatic heterocycles. The maximum atomic E-state index is 12.4. The SMILES string of the molecule is CCCSc1nc(NCC=Cc2ccccc2)c2nnn(C3C[C@H](C(=O)NCC)C(O)C3O)c2n1. The second kappa shape index (κ2) is 11.6. The standard InChI is InChI=1S/C24H31N7O3S/c1-3-13-35-24-27-21(26-12-8-11-15-9-6-5-7-10-15)18-22(28-24)31(30-29-18)17-14-16(19(32)20(17)33)23(34)25-4-2/h5-11,16-17,19-20,32-33H,3-4,12-14H2,1-2H3,(H,25,34)(H,26,27,28)/t16-,17?,19?,20?/m0/s1. The van der Waals surface area contributed by atoms with Crippen LogP contribution >= 0.6 is 11.8 Å². The molecule has 1 aromatic carbocycles. The fourth-order valence-corrected chi connectivity index (χ4v) is 4.84. The van der Waals surface area contributed by atoms with Crippen molar-refractivity contribution in [3.63, 3.8) is 0 Å². The Bertz CT molecular complexity index is 1170. The number of benzene rings is 1. The number of anilines is 1. The number of thioether (sulfide) groups is 1. The van der Waals surface area contributed by atoms with Crippen LogP contribution in [-0.4, -0.2) is 72.1 Å². The fraction of sp³-hybridized carbons (Fsp3) is 0.458. The van der Waals surface area contributed by atoms with Gasteiger partial charge in [0.1, 0.15) is 6.10 Å². The van der Waals surface area contributed by atoms with E-state index < -0.39 is 24.2 Å². The summed E-state index contributed by atoms with van der Waals surface area (Å²) in [5.74, 6) is 0.383. The average Bonchev–Trinajstić information content (AvgIpc) is 3.42. The number of amides is 1. The summed E-state index contributed by atoms with van der Waals surface area (Å²) in [7, 11) is 0. The molecule has 0 aliphatic heterocycles. The molecule has 4 atom stereocenters. The van der Waals surface area contributed by atoms with Gasteiger partial charge in [0, 0.05) is 18.8 Å². The molecule has 11 heteroatoms. The van der Waals surface area contributed by atoms with Gasteiger partial charge in [-0.3, -0.25) is 4.79 Å². The largest absolute Gasteiger partial charge is 0.390 e. The van der Waals surface area contributed by atoms with Crippen LogP contribution in [0.1, 0.15) is 38.3 Å². The van der Waals surface area contributed by atoms with Crippen LogP contribution in [0.2, 0.25) is 0 Å². The third-order valence-corrected chi connectivity index (χ3v) is 6.94. The van der Waals surface area contributed by atoms with E-state index in [-0.39, 0.29) is 12.3 Å². The number of nitrogens with one attached hydrogen (secondary N) is 2. The molecule has 1 saturated carbocycles. The number of aliphatic hydroxyl groups is 2. The average molecular weight is 498 g/mol. The summed E-state index contributed by atoms with van der Waals surface area (Å²) in [4.78, 5) is 21.7. The molecule has 3 unspecified atom stereocenters. The van der Waals surface area contributed by atoms with Gasteiger partial charge in [0.15, 0.2) is 22.1 Å². The van der Waals surface area contributed by atoms with E-state index in [4.69, 9.17) is 0 Å². The first-order valence-corrected chi connectivity index (χ1v) is 12.9. The molecule has 0 bridgehead atoms. The lowest BCUT2D eigenvalue weighted by molar-refractivity contribution is -0.128. The normalized spacial score (nSPS) is 22.2. The zero-order chi connectivity index (χ0) is 24.8. The molecule has 0 saturated heterocycles. The van der Waals surface area contributed by atoms with E-state index in [2.05, 4.69) is 37.8 Å². The number of nitrogens with zero attached hydrogens (tertiary/aromatic N) is 5. The lowest BCUT2D eigenvalue weighted by atomic mass is 10.0. The molecular formula is C24H31N7O3S. The Kier molecular flexibility index (Phi) is 8.32. The van der Waals surface area contributed by atoms with Gasteiger partial charge >= 0.3 is 0 Å². The van der Waals surface area contributed by atoms with Gasteiger partial charge in [0.05, 0.1) is 18.1 Å². The lowest BCUT2D eigenvalue weighted by Crippen LogP contribution is -2.38. The van der Waals surface area contributed by atoms with Gasteiger partial charge in [-0.1, -0.05) is 66.4 Å². The number of fused-ring (bicyclic) bond motifs is 1. The fourth-order valence-electron chi connectivity index (χ4n) is 4.15. The summed E-state index contributed by atoms with van der Waals surface area (Å²) >= 11 is 1.53. The Labute approximate surface area is 208 Å². The van der Waals surface area contributed by atoms with E-state index in [1.54, 1.807) is 0 Å². The number of aromatic nitrogens is 5. The topological polar surface area (TPSA) is 138 Å². The molecule has 0 radical (unpaired) electrons. The second-order valence-electron chi connectivity index (χ2n) is 8.39. The summed E-state index contributed by atoms with van der Waals surface area (Å²) < 4.78 is 1.52. The summed E-state index contributed by atoms with van der Waals surface area (Å²) in [5, 5.41) is 36.4. The van der Waals surface area contributed by atoms with Gasteiger partial charge in [-0.25, -0.2) is 14.6 Å². The third-order valence-electron chi connectivity index (χ3n) is 5.89. The van der Waals surface area contributed by atoms with Gasteiger partial charge in [-0.05, 0) is 25.3 Å². The molecule has 1 aliphatic rings. The smallest absolute Gasteiger partial charge is 0.225 e. The van der Waals surface area contributed by atoms with Crippen molar-refractivity contribution in [1.82, 2.24) is 30.3 Å². The molecule has 3 aromatic rings. The number of aliphatic hydroxyl groups excluding tert-OH is 2. The highest BCUT2D eigenvalue weighted by Gasteiger charge is 2.47. The summed E-state index contributed by atoms with van der Waals surface area (Å²) in [6.45, 7) is 4.88. The molecular weight excluding hydrogens is 466 g/mol. The van der Waals surface area contributed by atoms with Crippen molar-refractivity contribution in [3.05, 3.63) is 42.0 Å². The third kappa shape index (κ3) is 5.63. The lowest BCUT2D eigenvalue weighted by Gasteiger charge is -2.17. The van der Waals surface area contributed by atoms with E-state index in [1.165, 1.54) is 16.4 Å². The molecule has 186 valence electrons. The zero-order valence-electron chi connectivity index (χ0n) is 19.8. The molecule has 4 N–H and O–H groups in total. The van der Waals surface area contributed by atoms with Crippen molar-refractivity contribution < 1.29 is 15.0 Å². The van der Waals surface area contributed by atoms with Crippen molar-refractivity contribution in [3.8, 4) is 0 Å². The molecule has 1 aliphatic carbocycles. The minimum absolute atomic E-state index is 0.233. The highest BCUT2D eigenvalue weighted by atomic mass is 32.2. The van der Waals surface area contributed by atoms with Gasteiger partial charge in [0.2, 0.25) is 5.91 Å². The van der Waals surface area contributed by atoms with E-state index in [0.717, 1.165) is 17.7 Å². The maximum Gasteiger partial charge on any atom is 0.225 e. The Hall–Kier alpha value is -3.02. The predicted molar refractivity (Wildman–Crippen MR) is 136 cm³/mol. The molecule has 10 nitrogen and oxygen atoms in total. The summed E-state index contributed by atoms with van der Waals surface area (Å²) in [5.41, 5.74) is 2.03. The molecule has 1 amide bonds. The molecule has 2 heterocycles. The quantitative estimate of drug-likeness (QED) is 0.245. The number of rotatable bonds is 10. The Balaban J connectivity index is 1.61. The minimum atomic E-state index is -1.19. The molecule has 4 rings (SSSR count). The zero-order valence-corrected chi connectivity index (χ0v) is 20.6. The maximum absolute atomic E-state index is 12.4. The number of carbonyl (C=O) groups excluding carboxylic acids is 1. The van der Waals surface area contributed by atoms with Crippen LogP contribution in [0, 0.1) is 5.92 Å². The van der Waals surface area contributed by atoms with Crippen LogP contribution in [-0.2, 0) is 4.79 Å². The molecule has 1 fully saturated rings. The van der Waals surface area contributed by atoms with Crippen LogP contribution in [0.25, 0.3) is 17.2 Å². The van der Waals surface area contributed by atoms with Crippen molar-refractivity contribution in [2.24, 2.45) is 5.92 Å². The number of carbonyl (C=O) groups is 1. The second-order valence-corrected chi connectivity index (χ2v) is 9.45. The first-order valence-electron chi connectivity index (χ1n) is 11.9. The molecule has 0 spiro atoms. The Morgan fingerprint density at radius 3 is 2.74 bits per heavy atom. The van der Waals surface area contributed by atoms with Gasteiger partial charge in [0.25, 0.3) is 0 Å². The first-order chi connectivity index (χ1) is 17.0. The van der Waals surface area contributed by atoms with Gasteiger partial charge in [-0.15, -0.1) is 5.10 Å². The van der Waals surface area contributed by atoms with Crippen LogP contribution < -0.4 is 10.6 Å².